The fourth-order valence-corrected chi connectivity index (χ4v) is 2.75. The molecule has 0 bridgehead atoms. The standard InChI is InChI=1S/C18H22N6O4/c1-11(12-5-7-13(28-4)8-6-12)21-22-17-19-15-14(24(17)9-10-27-3)16(25)20-18(26)23(15)2/h5-8H,9-10H2,1-4H3,(H,19,22)(H,20,25,26)/b21-11+. The first-order valence-electron chi connectivity index (χ1n) is 8.59. The van der Waals surface area contributed by atoms with Crippen LogP contribution in [0.25, 0.3) is 11.2 Å². The molecule has 0 atom stereocenters. The molecule has 0 fully saturated rings. The number of rotatable bonds is 7. The molecule has 0 aliphatic carbocycles. The lowest BCUT2D eigenvalue weighted by atomic mass is 10.1. The minimum Gasteiger partial charge on any atom is -0.497 e. The molecule has 0 spiro atoms. The fraction of sp³-hybridized carbons (Fsp3) is 0.333. The Kier molecular flexibility index (Phi) is 5.59. The van der Waals surface area contributed by atoms with Crippen molar-refractivity contribution in [3.8, 4) is 5.75 Å². The normalized spacial score (nSPS) is 11.8. The van der Waals surface area contributed by atoms with E-state index in [1.807, 2.05) is 31.2 Å². The lowest BCUT2D eigenvalue weighted by Crippen LogP contribution is -2.29. The zero-order valence-electron chi connectivity index (χ0n) is 16.1. The Morgan fingerprint density at radius 3 is 2.61 bits per heavy atom. The van der Waals surface area contributed by atoms with E-state index in [9.17, 15) is 9.59 Å². The number of benzene rings is 1. The molecule has 0 aliphatic rings. The van der Waals surface area contributed by atoms with Gasteiger partial charge in [0.1, 0.15) is 5.75 Å². The van der Waals surface area contributed by atoms with Crippen LogP contribution in [0.3, 0.4) is 0 Å². The van der Waals surface area contributed by atoms with Gasteiger partial charge >= 0.3 is 5.69 Å². The number of aromatic amines is 1. The highest BCUT2D eigenvalue weighted by Crippen LogP contribution is 2.16. The summed E-state index contributed by atoms with van der Waals surface area (Å²) in [6.07, 6.45) is 0. The molecule has 2 N–H and O–H groups in total. The van der Waals surface area contributed by atoms with Crippen molar-refractivity contribution in [2.24, 2.45) is 12.1 Å². The highest BCUT2D eigenvalue weighted by molar-refractivity contribution is 5.99. The molecule has 28 heavy (non-hydrogen) atoms. The third-order valence-corrected chi connectivity index (χ3v) is 4.36. The molecule has 3 aromatic rings. The summed E-state index contributed by atoms with van der Waals surface area (Å²) in [5.41, 5.74) is 4.02. The number of anilines is 1. The lowest BCUT2D eigenvalue weighted by molar-refractivity contribution is 0.188. The predicted molar refractivity (Wildman–Crippen MR) is 106 cm³/mol. The van der Waals surface area contributed by atoms with Crippen LogP contribution in [0.1, 0.15) is 12.5 Å². The molecule has 2 aromatic heterocycles. The molecule has 0 unspecified atom stereocenters. The second-order valence-electron chi connectivity index (χ2n) is 6.11. The van der Waals surface area contributed by atoms with E-state index in [-0.39, 0.29) is 11.2 Å². The van der Waals surface area contributed by atoms with Gasteiger partial charge in [0.05, 0.1) is 19.4 Å². The van der Waals surface area contributed by atoms with Crippen molar-refractivity contribution in [1.82, 2.24) is 19.1 Å². The Hall–Kier alpha value is -3.40. The number of nitrogens with one attached hydrogen (secondary N) is 2. The summed E-state index contributed by atoms with van der Waals surface area (Å²) >= 11 is 0. The average molecular weight is 386 g/mol. The van der Waals surface area contributed by atoms with Gasteiger partial charge in [-0.2, -0.15) is 10.1 Å². The van der Waals surface area contributed by atoms with Crippen molar-refractivity contribution >= 4 is 22.8 Å². The molecule has 2 heterocycles. The molecule has 0 amide bonds. The van der Waals surface area contributed by atoms with Gasteiger partial charge in [0, 0.05) is 20.7 Å². The zero-order chi connectivity index (χ0) is 20.3. The molecule has 0 aliphatic heterocycles. The Morgan fingerprint density at radius 2 is 1.96 bits per heavy atom. The summed E-state index contributed by atoms with van der Waals surface area (Å²) in [4.78, 5) is 30.9. The predicted octanol–water partition coefficient (Wildman–Crippen LogP) is 0.914. The van der Waals surface area contributed by atoms with Crippen LogP contribution >= 0.6 is 0 Å². The van der Waals surface area contributed by atoms with Crippen LogP contribution in [0.2, 0.25) is 0 Å². The molecule has 148 valence electrons. The van der Waals surface area contributed by atoms with Crippen LogP contribution in [0, 0.1) is 0 Å². The Balaban J connectivity index is 2.01. The van der Waals surface area contributed by atoms with E-state index < -0.39 is 11.2 Å². The number of fused-ring (bicyclic) bond motifs is 1. The molecular weight excluding hydrogens is 364 g/mol. The first kappa shape index (κ1) is 19.4. The molecule has 0 radical (unpaired) electrons. The Morgan fingerprint density at radius 1 is 1.25 bits per heavy atom. The van der Waals surface area contributed by atoms with E-state index in [1.165, 1.54) is 4.57 Å². The average Bonchev–Trinajstić information content (AvgIpc) is 3.07. The summed E-state index contributed by atoms with van der Waals surface area (Å²) in [7, 11) is 4.72. The first-order valence-corrected chi connectivity index (χ1v) is 8.59. The summed E-state index contributed by atoms with van der Waals surface area (Å²) in [6.45, 7) is 2.58. The maximum Gasteiger partial charge on any atom is 0.329 e. The van der Waals surface area contributed by atoms with Gasteiger partial charge in [0.25, 0.3) is 5.56 Å². The number of hydrogen-bond donors (Lipinski definition) is 2. The van der Waals surface area contributed by atoms with Crippen LogP contribution in [0.4, 0.5) is 5.95 Å². The maximum atomic E-state index is 12.3. The second kappa shape index (κ2) is 8.09. The highest BCUT2D eigenvalue weighted by Gasteiger charge is 2.17. The second-order valence-corrected chi connectivity index (χ2v) is 6.11. The number of methoxy groups -OCH3 is 2. The van der Waals surface area contributed by atoms with Gasteiger partial charge in [-0.05, 0) is 36.8 Å². The van der Waals surface area contributed by atoms with E-state index in [0.29, 0.717) is 19.1 Å². The van der Waals surface area contributed by atoms with Crippen LogP contribution in [-0.2, 0) is 18.3 Å². The number of hydrazone groups is 1. The van der Waals surface area contributed by atoms with E-state index in [4.69, 9.17) is 9.47 Å². The van der Waals surface area contributed by atoms with Gasteiger partial charge in [-0.15, -0.1) is 0 Å². The third kappa shape index (κ3) is 3.67. The molecule has 0 saturated heterocycles. The molecular formula is C18H22N6O4. The molecule has 10 heteroatoms. The van der Waals surface area contributed by atoms with Crippen LogP contribution < -0.4 is 21.4 Å². The SMILES string of the molecule is COCCn1c(N/N=C(\C)c2ccc(OC)cc2)nc2c1c(=O)[nH]c(=O)n2C. The number of nitrogens with zero attached hydrogens (tertiary/aromatic N) is 4. The Labute approximate surface area is 160 Å². The van der Waals surface area contributed by atoms with E-state index in [2.05, 4.69) is 20.5 Å². The molecule has 3 rings (SSSR count). The van der Waals surface area contributed by atoms with Gasteiger partial charge in [-0.25, -0.2) is 10.2 Å². The summed E-state index contributed by atoms with van der Waals surface area (Å²) < 4.78 is 13.2. The lowest BCUT2D eigenvalue weighted by Gasteiger charge is -2.08. The fourth-order valence-electron chi connectivity index (χ4n) is 2.75. The van der Waals surface area contributed by atoms with Gasteiger partial charge in [0.15, 0.2) is 11.2 Å². The Bertz CT molecular complexity index is 1120. The molecule has 0 saturated carbocycles. The zero-order valence-corrected chi connectivity index (χ0v) is 16.1. The van der Waals surface area contributed by atoms with Crippen molar-refractivity contribution in [3.63, 3.8) is 0 Å². The van der Waals surface area contributed by atoms with Crippen molar-refractivity contribution in [3.05, 3.63) is 50.7 Å². The van der Waals surface area contributed by atoms with E-state index in [0.717, 1.165) is 17.0 Å². The van der Waals surface area contributed by atoms with Crippen molar-refractivity contribution in [2.75, 3.05) is 26.3 Å². The van der Waals surface area contributed by atoms with Gasteiger partial charge in [-0.1, -0.05) is 0 Å². The van der Waals surface area contributed by atoms with Crippen LogP contribution in [0.5, 0.6) is 5.75 Å². The quantitative estimate of drug-likeness (QED) is 0.461. The maximum absolute atomic E-state index is 12.3. The van der Waals surface area contributed by atoms with Crippen LogP contribution in [0.15, 0.2) is 39.0 Å². The van der Waals surface area contributed by atoms with Crippen molar-refractivity contribution in [2.45, 2.75) is 13.5 Å². The number of aryl methyl sites for hydroxylation is 1. The van der Waals surface area contributed by atoms with E-state index >= 15 is 0 Å². The smallest absolute Gasteiger partial charge is 0.329 e. The summed E-state index contributed by atoms with van der Waals surface area (Å²) in [5, 5.41) is 4.37. The third-order valence-electron chi connectivity index (χ3n) is 4.36. The van der Waals surface area contributed by atoms with Crippen molar-refractivity contribution < 1.29 is 9.47 Å². The minimum atomic E-state index is -0.529. The molecule has 10 nitrogen and oxygen atoms in total. The van der Waals surface area contributed by atoms with Gasteiger partial charge in [-0.3, -0.25) is 14.3 Å². The first-order chi connectivity index (χ1) is 13.5. The number of aromatic nitrogens is 4. The summed E-state index contributed by atoms with van der Waals surface area (Å²) in [5.74, 6) is 1.10. The van der Waals surface area contributed by atoms with Crippen LogP contribution in [-0.4, -0.2) is 45.6 Å². The number of hydrogen-bond acceptors (Lipinski definition) is 7. The largest absolute Gasteiger partial charge is 0.497 e. The van der Waals surface area contributed by atoms with Gasteiger partial charge in [0.2, 0.25) is 5.95 Å². The minimum absolute atomic E-state index is 0.268. The number of H-pyrrole nitrogens is 1. The summed E-state index contributed by atoms with van der Waals surface area (Å²) in [6, 6.07) is 7.47. The highest BCUT2D eigenvalue weighted by atomic mass is 16.5. The molecule has 1 aromatic carbocycles. The van der Waals surface area contributed by atoms with E-state index in [1.54, 1.807) is 25.8 Å². The monoisotopic (exact) mass is 386 g/mol. The topological polar surface area (TPSA) is 116 Å². The number of ether oxygens (including phenoxy) is 2. The number of imidazole rings is 1. The van der Waals surface area contributed by atoms with Gasteiger partial charge < -0.3 is 14.0 Å². The van der Waals surface area contributed by atoms with Crippen molar-refractivity contribution in [1.29, 1.82) is 0 Å².